The molecule has 1 atom stereocenters. The van der Waals surface area contributed by atoms with Gasteiger partial charge < -0.3 is 16.2 Å². The number of carboxylic acid groups (broad SMARTS) is 1. The summed E-state index contributed by atoms with van der Waals surface area (Å²) in [6.07, 6.45) is 0.292. The summed E-state index contributed by atoms with van der Waals surface area (Å²) in [5, 5.41) is 11.2. The van der Waals surface area contributed by atoms with Crippen molar-refractivity contribution < 1.29 is 19.5 Å². The Morgan fingerprint density at radius 3 is 2.11 bits per heavy atom. The second-order valence-corrected chi connectivity index (χ2v) is 3.71. The first-order valence-electron chi connectivity index (χ1n) is 5.39. The standard InChI is InChI=1S/C12H14N2O4/c1-2-9(12(17)18)14-11(16)8-5-3-7(4-6-8)10(13)15/h3-6,9H,2H2,1H3,(H2,13,15)(H,14,16)(H,17,18)/t9-/m0/s1. The van der Waals surface area contributed by atoms with Crippen LogP contribution >= 0.6 is 0 Å². The minimum atomic E-state index is -1.08. The number of rotatable bonds is 5. The smallest absolute Gasteiger partial charge is 0.326 e. The zero-order chi connectivity index (χ0) is 13.7. The zero-order valence-electron chi connectivity index (χ0n) is 9.84. The van der Waals surface area contributed by atoms with Gasteiger partial charge in [0.05, 0.1) is 0 Å². The number of nitrogens with two attached hydrogens (primary N) is 1. The van der Waals surface area contributed by atoms with Gasteiger partial charge in [-0.1, -0.05) is 6.92 Å². The van der Waals surface area contributed by atoms with Crippen LogP contribution in [-0.2, 0) is 4.79 Å². The molecule has 2 amide bonds. The number of aliphatic carboxylic acids is 1. The van der Waals surface area contributed by atoms with Crippen LogP contribution in [0.3, 0.4) is 0 Å². The van der Waals surface area contributed by atoms with Crippen molar-refractivity contribution >= 4 is 17.8 Å². The Bertz CT molecular complexity index is 467. The van der Waals surface area contributed by atoms with E-state index in [9.17, 15) is 14.4 Å². The van der Waals surface area contributed by atoms with Gasteiger partial charge in [0.25, 0.3) is 5.91 Å². The molecule has 0 bridgehead atoms. The van der Waals surface area contributed by atoms with Crippen LogP contribution in [0, 0.1) is 0 Å². The Labute approximate surface area is 104 Å². The molecule has 0 heterocycles. The monoisotopic (exact) mass is 250 g/mol. The van der Waals surface area contributed by atoms with Gasteiger partial charge in [-0.2, -0.15) is 0 Å². The second-order valence-electron chi connectivity index (χ2n) is 3.71. The van der Waals surface area contributed by atoms with Crippen molar-refractivity contribution in [3.8, 4) is 0 Å². The maximum Gasteiger partial charge on any atom is 0.326 e. The number of benzene rings is 1. The van der Waals surface area contributed by atoms with Crippen LogP contribution in [0.5, 0.6) is 0 Å². The summed E-state index contributed by atoms with van der Waals surface area (Å²) in [6.45, 7) is 1.66. The molecule has 1 rings (SSSR count). The van der Waals surface area contributed by atoms with Crippen molar-refractivity contribution in [1.29, 1.82) is 0 Å². The highest BCUT2D eigenvalue weighted by Crippen LogP contribution is 2.04. The number of nitrogens with one attached hydrogen (secondary N) is 1. The van der Waals surface area contributed by atoms with E-state index in [0.717, 1.165) is 0 Å². The Balaban J connectivity index is 2.78. The maximum absolute atomic E-state index is 11.7. The molecule has 0 saturated heterocycles. The average molecular weight is 250 g/mol. The summed E-state index contributed by atoms with van der Waals surface area (Å²) in [6, 6.07) is 4.75. The van der Waals surface area contributed by atoms with Gasteiger partial charge in [0.1, 0.15) is 6.04 Å². The van der Waals surface area contributed by atoms with E-state index in [1.54, 1.807) is 6.92 Å². The fraction of sp³-hybridized carbons (Fsp3) is 0.250. The third kappa shape index (κ3) is 3.31. The van der Waals surface area contributed by atoms with Crippen LogP contribution in [0.2, 0.25) is 0 Å². The summed E-state index contributed by atoms with van der Waals surface area (Å²) >= 11 is 0. The van der Waals surface area contributed by atoms with Crippen LogP contribution < -0.4 is 11.1 Å². The molecule has 1 aromatic carbocycles. The van der Waals surface area contributed by atoms with E-state index in [4.69, 9.17) is 10.8 Å². The number of amides is 2. The summed E-state index contributed by atoms with van der Waals surface area (Å²) in [7, 11) is 0. The van der Waals surface area contributed by atoms with E-state index in [1.807, 2.05) is 0 Å². The van der Waals surface area contributed by atoms with Gasteiger partial charge >= 0.3 is 5.97 Å². The van der Waals surface area contributed by atoms with E-state index >= 15 is 0 Å². The van der Waals surface area contributed by atoms with Gasteiger partial charge in [-0.25, -0.2) is 4.79 Å². The SMILES string of the molecule is CC[C@H](NC(=O)c1ccc(C(N)=O)cc1)C(=O)O. The molecule has 0 fully saturated rings. The molecular weight excluding hydrogens is 236 g/mol. The highest BCUT2D eigenvalue weighted by Gasteiger charge is 2.18. The lowest BCUT2D eigenvalue weighted by Gasteiger charge is -2.12. The van der Waals surface area contributed by atoms with Gasteiger partial charge in [0, 0.05) is 11.1 Å². The van der Waals surface area contributed by atoms with Crippen molar-refractivity contribution in [3.63, 3.8) is 0 Å². The topological polar surface area (TPSA) is 109 Å². The molecule has 1 aromatic rings. The largest absolute Gasteiger partial charge is 0.480 e. The van der Waals surface area contributed by atoms with Crippen LogP contribution in [0.25, 0.3) is 0 Å². The first-order chi connectivity index (χ1) is 8.45. The third-order valence-electron chi connectivity index (χ3n) is 2.44. The number of hydrogen-bond donors (Lipinski definition) is 3. The van der Waals surface area contributed by atoms with E-state index in [0.29, 0.717) is 6.42 Å². The number of carboxylic acids is 1. The molecule has 0 aromatic heterocycles. The van der Waals surface area contributed by atoms with Crippen molar-refractivity contribution in [2.75, 3.05) is 0 Å². The minimum Gasteiger partial charge on any atom is -0.480 e. The second kappa shape index (κ2) is 5.81. The van der Waals surface area contributed by atoms with Crippen LogP contribution in [0.15, 0.2) is 24.3 Å². The fourth-order valence-corrected chi connectivity index (χ4v) is 1.37. The summed E-state index contributed by atoms with van der Waals surface area (Å²) in [4.78, 5) is 33.3. The first kappa shape index (κ1) is 13.7. The Hall–Kier alpha value is -2.37. The van der Waals surface area contributed by atoms with E-state index in [1.165, 1.54) is 24.3 Å². The highest BCUT2D eigenvalue weighted by atomic mass is 16.4. The molecule has 6 nitrogen and oxygen atoms in total. The van der Waals surface area contributed by atoms with Gasteiger partial charge in [0.2, 0.25) is 5.91 Å². The number of carbonyl (C=O) groups is 3. The van der Waals surface area contributed by atoms with E-state index in [2.05, 4.69) is 5.32 Å². The zero-order valence-corrected chi connectivity index (χ0v) is 9.84. The van der Waals surface area contributed by atoms with Crippen LogP contribution in [0.1, 0.15) is 34.1 Å². The number of carbonyl (C=O) groups excluding carboxylic acids is 2. The molecule has 0 aliphatic heterocycles. The average Bonchev–Trinajstić information content (AvgIpc) is 2.35. The van der Waals surface area contributed by atoms with Crippen LogP contribution in [-0.4, -0.2) is 28.9 Å². The quantitative estimate of drug-likeness (QED) is 0.701. The molecule has 4 N–H and O–H groups in total. The van der Waals surface area contributed by atoms with Crippen molar-refractivity contribution in [3.05, 3.63) is 35.4 Å². The lowest BCUT2D eigenvalue weighted by Crippen LogP contribution is -2.40. The Kier molecular flexibility index (Phi) is 4.42. The first-order valence-corrected chi connectivity index (χ1v) is 5.39. The third-order valence-corrected chi connectivity index (χ3v) is 2.44. The summed E-state index contributed by atoms with van der Waals surface area (Å²) in [5.41, 5.74) is 5.63. The summed E-state index contributed by atoms with van der Waals surface area (Å²) < 4.78 is 0. The number of primary amides is 1. The van der Waals surface area contributed by atoms with Gasteiger partial charge in [-0.3, -0.25) is 9.59 Å². The van der Waals surface area contributed by atoms with Crippen LogP contribution in [0.4, 0.5) is 0 Å². The molecular formula is C12H14N2O4. The molecule has 0 aliphatic rings. The minimum absolute atomic E-state index is 0.278. The molecule has 0 aliphatic carbocycles. The van der Waals surface area contributed by atoms with Gasteiger partial charge in [-0.15, -0.1) is 0 Å². The van der Waals surface area contributed by atoms with Crippen molar-refractivity contribution in [2.24, 2.45) is 5.73 Å². The summed E-state index contributed by atoms with van der Waals surface area (Å²) in [5.74, 6) is -2.17. The normalized spacial score (nSPS) is 11.6. The molecule has 96 valence electrons. The van der Waals surface area contributed by atoms with Gasteiger partial charge in [-0.05, 0) is 30.7 Å². The Morgan fingerprint density at radius 1 is 1.22 bits per heavy atom. The molecule has 0 saturated carbocycles. The molecule has 0 unspecified atom stereocenters. The molecule has 0 radical (unpaired) electrons. The molecule has 18 heavy (non-hydrogen) atoms. The highest BCUT2D eigenvalue weighted by molar-refractivity contribution is 5.98. The van der Waals surface area contributed by atoms with Gasteiger partial charge in [0.15, 0.2) is 0 Å². The van der Waals surface area contributed by atoms with Crippen molar-refractivity contribution in [2.45, 2.75) is 19.4 Å². The number of hydrogen-bond acceptors (Lipinski definition) is 3. The van der Waals surface area contributed by atoms with E-state index in [-0.39, 0.29) is 11.1 Å². The molecule has 0 spiro atoms. The molecule has 6 heteroatoms. The van der Waals surface area contributed by atoms with E-state index < -0.39 is 23.8 Å². The lowest BCUT2D eigenvalue weighted by molar-refractivity contribution is -0.139. The fourth-order valence-electron chi connectivity index (χ4n) is 1.37. The maximum atomic E-state index is 11.7. The predicted octanol–water partition coefficient (Wildman–Crippen LogP) is 0.378. The lowest BCUT2D eigenvalue weighted by atomic mass is 10.1. The van der Waals surface area contributed by atoms with Crippen molar-refractivity contribution in [1.82, 2.24) is 5.32 Å². The Morgan fingerprint density at radius 2 is 1.72 bits per heavy atom. The predicted molar refractivity (Wildman–Crippen MR) is 64.1 cm³/mol.